The predicted octanol–water partition coefficient (Wildman–Crippen LogP) is 2.37. The summed E-state index contributed by atoms with van der Waals surface area (Å²) in [6, 6.07) is 8.42. The molecule has 0 aliphatic heterocycles. The number of aliphatic carboxylic acids is 1. The van der Waals surface area contributed by atoms with E-state index < -0.39 is 17.4 Å². The van der Waals surface area contributed by atoms with E-state index >= 15 is 0 Å². The van der Waals surface area contributed by atoms with Crippen LogP contribution in [-0.2, 0) is 19.7 Å². The Morgan fingerprint density at radius 2 is 1.89 bits per heavy atom. The zero-order valence-corrected chi connectivity index (χ0v) is 10.7. The maximum Gasteiger partial charge on any atom is 0.327 e. The van der Waals surface area contributed by atoms with E-state index in [0.717, 1.165) is 12.8 Å². The van der Waals surface area contributed by atoms with Gasteiger partial charge >= 0.3 is 11.9 Å². The number of unbranched alkanes of at least 4 members (excludes halogenated alkanes) is 1. The molecule has 0 aliphatic rings. The summed E-state index contributed by atoms with van der Waals surface area (Å²) in [5, 5.41) is 9.31. The van der Waals surface area contributed by atoms with E-state index in [1.807, 2.05) is 6.92 Å². The summed E-state index contributed by atoms with van der Waals surface area (Å²) in [5.74, 6) is -1.91. The molecule has 4 nitrogen and oxygen atoms in total. The van der Waals surface area contributed by atoms with Crippen LogP contribution in [0, 0.1) is 0 Å². The topological polar surface area (TPSA) is 63.6 Å². The number of carbonyl (C=O) groups is 2. The van der Waals surface area contributed by atoms with E-state index in [4.69, 9.17) is 4.74 Å². The van der Waals surface area contributed by atoms with Gasteiger partial charge in [0.25, 0.3) is 0 Å². The van der Waals surface area contributed by atoms with Gasteiger partial charge in [-0.25, -0.2) is 0 Å². The van der Waals surface area contributed by atoms with Gasteiger partial charge in [0.15, 0.2) is 5.41 Å². The summed E-state index contributed by atoms with van der Waals surface area (Å²) >= 11 is 0. The van der Waals surface area contributed by atoms with Gasteiger partial charge in [-0.3, -0.25) is 9.59 Å². The van der Waals surface area contributed by atoms with Crippen molar-refractivity contribution in [1.82, 2.24) is 0 Å². The van der Waals surface area contributed by atoms with Crippen LogP contribution in [0.2, 0.25) is 0 Å². The number of ether oxygens (including phenoxy) is 1. The number of rotatable bonds is 6. The lowest BCUT2D eigenvalue weighted by atomic mass is 9.82. The molecule has 0 saturated carbocycles. The van der Waals surface area contributed by atoms with Gasteiger partial charge in [-0.1, -0.05) is 43.7 Å². The zero-order chi connectivity index (χ0) is 13.6. The van der Waals surface area contributed by atoms with Gasteiger partial charge in [0.1, 0.15) is 0 Å². The molecule has 1 aromatic rings. The Hall–Kier alpha value is -1.84. The van der Waals surface area contributed by atoms with Gasteiger partial charge in [0.2, 0.25) is 0 Å². The second kappa shape index (κ2) is 6.19. The lowest BCUT2D eigenvalue weighted by molar-refractivity contribution is -0.160. The lowest BCUT2D eigenvalue weighted by Crippen LogP contribution is -2.42. The molecular formula is C14H18O4. The molecule has 0 fully saturated rings. The maximum absolute atomic E-state index is 12.0. The first-order chi connectivity index (χ1) is 8.53. The molecular weight excluding hydrogens is 232 g/mol. The van der Waals surface area contributed by atoms with Gasteiger partial charge in [0.05, 0.1) is 6.61 Å². The summed E-state index contributed by atoms with van der Waals surface area (Å²) in [7, 11) is 0. The number of hydrogen-bond acceptors (Lipinski definition) is 3. The number of carboxylic acid groups (broad SMARTS) is 1. The van der Waals surface area contributed by atoms with Crippen molar-refractivity contribution in [3.05, 3.63) is 35.9 Å². The average Bonchev–Trinajstić information content (AvgIpc) is 2.38. The third-order valence-electron chi connectivity index (χ3n) is 2.92. The Labute approximate surface area is 107 Å². The highest BCUT2D eigenvalue weighted by molar-refractivity contribution is 6.05. The Morgan fingerprint density at radius 3 is 2.39 bits per heavy atom. The molecule has 1 unspecified atom stereocenters. The lowest BCUT2D eigenvalue weighted by Gasteiger charge is -2.23. The second-order valence-corrected chi connectivity index (χ2v) is 4.29. The quantitative estimate of drug-likeness (QED) is 0.478. The molecule has 0 aromatic heterocycles. The van der Waals surface area contributed by atoms with Crippen LogP contribution in [0.25, 0.3) is 0 Å². The number of esters is 1. The molecule has 1 rings (SSSR count). The van der Waals surface area contributed by atoms with Crippen LogP contribution < -0.4 is 0 Å². The molecule has 0 aliphatic carbocycles. The number of carboxylic acids is 1. The number of carbonyl (C=O) groups excluding carboxylic acids is 1. The maximum atomic E-state index is 12.0. The standard InChI is InChI=1S/C14H18O4/c1-3-4-10-18-13(17)14(2,12(15)16)11-8-6-5-7-9-11/h5-9H,3-4,10H2,1-2H3,(H,15,16). The van der Waals surface area contributed by atoms with E-state index in [-0.39, 0.29) is 6.61 Å². The first-order valence-corrected chi connectivity index (χ1v) is 5.99. The molecule has 4 heteroatoms. The Kier molecular flexibility index (Phi) is 4.89. The molecule has 18 heavy (non-hydrogen) atoms. The molecule has 0 heterocycles. The van der Waals surface area contributed by atoms with Crippen LogP contribution in [0.15, 0.2) is 30.3 Å². The van der Waals surface area contributed by atoms with Gasteiger partial charge in [-0.05, 0) is 18.9 Å². The monoisotopic (exact) mass is 250 g/mol. The molecule has 1 N–H and O–H groups in total. The summed E-state index contributed by atoms with van der Waals surface area (Å²) in [6.07, 6.45) is 1.62. The Balaban J connectivity index is 2.94. The third-order valence-corrected chi connectivity index (χ3v) is 2.92. The summed E-state index contributed by atoms with van der Waals surface area (Å²) in [6.45, 7) is 3.60. The highest BCUT2D eigenvalue weighted by Gasteiger charge is 2.44. The van der Waals surface area contributed by atoms with E-state index in [1.165, 1.54) is 6.92 Å². The fourth-order valence-electron chi connectivity index (χ4n) is 1.55. The van der Waals surface area contributed by atoms with Gasteiger partial charge in [-0.2, -0.15) is 0 Å². The smallest absolute Gasteiger partial charge is 0.327 e. The minimum Gasteiger partial charge on any atom is -0.480 e. The van der Waals surface area contributed by atoms with Crippen molar-refractivity contribution in [2.75, 3.05) is 6.61 Å². The molecule has 0 spiro atoms. The molecule has 1 atom stereocenters. The molecule has 0 radical (unpaired) electrons. The van der Waals surface area contributed by atoms with Crippen molar-refractivity contribution in [1.29, 1.82) is 0 Å². The first kappa shape index (κ1) is 14.2. The van der Waals surface area contributed by atoms with Crippen LogP contribution in [0.3, 0.4) is 0 Å². The number of benzene rings is 1. The van der Waals surface area contributed by atoms with E-state index in [1.54, 1.807) is 30.3 Å². The first-order valence-electron chi connectivity index (χ1n) is 5.99. The van der Waals surface area contributed by atoms with Crippen molar-refractivity contribution in [3.63, 3.8) is 0 Å². The average molecular weight is 250 g/mol. The summed E-state index contributed by atoms with van der Waals surface area (Å²) < 4.78 is 5.04. The minimum atomic E-state index is -1.64. The zero-order valence-electron chi connectivity index (χ0n) is 10.7. The van der Waals surface area contributed by atoms with Crippen LogP contribution in [0.1, 0.15) is 32.3 Å². The van der Waals surface area contributed by atoms with Crippen molar-refractivity contribution in [2.45, 2.75) is 32.1 Å². The van der Waals surface area contributed by atoms with E-state index in [2.05, 4.69) is 0 Å². The SMILES string of the molecule is CCCCOC(=O)C(C)(C(=O)O)c1ccccc1. The van der Waals surface area contributed by atoms with Crippen LogP contribution >= 0.6 is 0 Å². The third kappa shape index (κ3) is 2.88. The van der Waals surface area contributed by atoms with Crippen molar-refractivity contribution >= 4 is 11.9 Å². The largest absolute Gasteiger partial charge is 0.480 e. The Morgan fingerprint density at radius 1 is 1.28 bits per heavy atom. The van der Waals surface area contributed by atoms with Crippen molar-refractivity contribution in [3.8, 4) is 0 Å². The van der Waals surface area contributed by atoms with E-state index in [9.17, 15) is 14.7 Å². The van der Waals surface area contributed by atoms with Crippen LogP contribution in [0.5, 0.6) is 0 Å². The van der Waals surface area contributed by atoms with Gasteiger partial charge < -0.3 is 9.84 Å². The van der Waals surface area contributed by atoms with Gasteiger partial charge in [-0.15, -0.1) is 0 Å². The molecule has 0 bridgehead atoms. The van der Waals surface area contributed by atoms with Gasteiger partial charge in [0, 0.05) is 0 Å². The second-order valence-electron chi connectivity index (χ2n) is 4.29. The highest BCUT2D eigenvalue weighted by Crippen LogP contribution is 2.25. The minimum absolute atomic E-state index is 0.255. The fraction of sp³-hybridized carbons (Fsp3) is 0.429. The molecule has 1 aromatic carbocycles. The molecule has 98 valence electrons. The van der Waals surface area contributed by atoms with Crippen molar-refractivity contribution < 1.29 is 19.4 Å². The Bertz CT molecular complexity index is 413. The predicted molar refractivity (Wildman–Crippen MR) is 67.3 cm³/mol. The molecule has 0 saturated heterocycles. The highest BCUT2D eigenvalue weighted by atomic mass is 16.5. The van der Waals surface area contributed by atoms with Crippen LogP contribution in [0.4, 0.5) is 0 Å². The van der Waals surface area contributed by atoms with Crippen LogP contribution in [-0.4, -0.2) is 23.7 Å². The number of hydrogen-bond donors (Lipinski definition) is 1. The normalized spacial score (nSPS) is 13.7. The van der Waals surface area contributed by atoms with Crippen molar-refractivity contribution in [2.24, 2.45) is 0 Å². The van der Waals surface area contributed by atoms with E-state index in [0.29, 0.717) is 5.56 Å². The summed E-state index contributed by atoms with van der Waals surface area (Å²) in [5.41, 5.74) is -1.21. The molecule has 0 amide bonds. The summed E-state index contributed by atoms with van der Waals surface area (Å²) in [4.78, 5) is 23.4. The fourth-order valence-corrected chi connectivity index (χ4v) is 1.55.